The van der Waals surface area contributed by atoms with E-state index in [0.29, 0.717) is 12.0 Å². The maximum absolute atomic E-state index is 12.0. The van der Waals surface area contributed by atoms with Crippen molar-refractivity contribution in [1.29, 1.82) is 5.26 Å². The van der Waals surface area contributed by atoms with Crippen molar-refractivity contribution in [3.05, 3.63) is 35.4 Å². The molecule has 0 aliphatic rings. The van der Waals surface area contributed by atoms with Gasteiger partial charge in [0.15, 0.2) is 0 Å². The SMILES string of the molecule is CC(NC(=O)CC(N)C(C)(C)C)c1ccc(C#N)cc1. The molecular formula is C16H23N3O. The predicted molar refractivity (Wildman–Crippen MR) is 79.8 cm³/mol. The first-order valence-electron chi connectivity index (χ1n) is 6.79. The van der Waals surface area contributed by atoms with Crippen molar-refractivity contribution in [3.8, 4) is 6.07 Å². The molecule has 0 saturated heterocycles. The van der Waals surface area contributed by atoms with E-state index >= 15 is 0 Å². The lowest BCUT2D eigenvalue weighted by Crippen LogP contribution is -2.40. The molecule has 108 valence electrons. The average molecular weight is 273 g/mol. The Bertz CT molecular complexity index is 494. The fourth-order valence-corrected chi connectivity index (χ4v) is 1.74. The van der Waals surface area contributed by atoms with Gasteiger partial charge in [-0.2, -0.15) is 5.26 Å². The fourth-order valence-electron chi connectivity index (χ4n) is 1.74. The lowest BCUT2D eigenvalue weighted by molar-refractivity contribution is -0.122. The molecule has 0 bridgehead atoms. The molecule has 0 aromatic heterocycles. The predicted octanol–water partition coefficient (Wildman–Crippen LogP) is 2.50. The monoisotopic (exact) mass is 273 g/mol. The van der Waals surface area contributed by atoms with Crippen LogP contribution in [0.15, 0.2) is 24.3 Å². The summed E-state index contributed by atoms with van der Waals surface area (Å²) in [5, 5.41) is 11.7. The standard InChI is InChI=1S/C16H23N3O/c1-11(13-7-5-12(10-17)6-8-13)19-15(20)9-14(18)16(2,3)4/h5-8,11,14H,9,18H2,1-4H3,(H,19,20). The van der Waals surface area contributed by atoms with Gasteiger partial charge in [-0.15, -0.1) is 0 Å². The van der Waals surface area contributed by atoms with Crippen molar-refractivity contribution in [2.75, 3.05) is 0 Å². The molecule has 0 spiro atoms. The second-order valence-electron chi connectivity index (χ2n) is 6.20. The minimum absolute atomic E-state index is 0.0516. The Balaban J connectivity index is 2.59. The van der Waals surface area contributed by atoms with E-state index in [1.807, 2.05) is 39.8 Å². The molecule has 4 heteroatoms. The van der Waals surface area contributed by atoms with Gasteiger partial charge in [0.2, 0.25) is 5.91 Å². The summed E-state index contributed by atoms with van der Waals surface area (Å²) in [4.78, 5) is 12.0. The van der Waals surface area contributed by atoms with Gasteiger partial charge in [0.05, 0.1) is 17.7 Å². The summed E-state index contributed by atoms with van der Waals surface area (Å²) in [5.41, 5.74) is 7.51. The number of nitrogens with one attached hydrogen (secondary N) is 1. The zero-order chi connectivity index (χ0) is 15.3. The maximum Gasteiger partial charge on any atom is 0.222 e. The molecule has 0 saturated carbocycles. The number of carbonyl (C=O) groups is 1. The molecular weight excluding hydrogens is 250 g/mol. The van der Waals surface area contributed by atoms with Crippen LogP contribution >= 0.6 is 0 Å². The van der Waals surface area contributed by atoms with Crippen LogP contribution in [-0.4, -0.2) is 11.9 Å². The third-order valence-corrected chi connectivity index (χ3v) is 3.43. The second kappa shape index (κ2) is 6.53. The number of carbonyl (C=O) groups excluding carboxylic acids is 1. The van der Waals surface area contributed by atoms with Gasteiger partial charge in [-0.05, 0) is 30.0 Å². The molecule has 0 aliphatic carbocycles. The highest BCUT2D eigenvalue weighted by molar-refractivity contribution is 5.77. The van der Waals surface area contributed by atoms with Crippen LogP contribution in [0.2, 0.25) is 0 Å². The van der Waals surface area contributed by atoms with Gasteiger partial charge in [0, 0.05) is 12.5 Å². The number of hydrogen-bond donors (Lipinski definition) is 2. The first kappa shape index (κ1) is 16.2. The van der Waals surface area contributed by atoms with E-state index in [9.17, 15) is 4.79 Å². The van der Waals surface area contributed by atoms with E-state index in [1.54, 1.807) is 12.1 Å². The number of amides is 1. The highest BCUT2D eigenvalue weighted by Gasteiger charge is 2.23. The molecule has 4 nitrogen and oxygen atoms in total. The van der Waals surface area contributed by atoms with E-state index in [1.165, 1.54) is 0 Å². The smallest absolute Gasteiger partial charge is 0.222 e. The molecule has 1 rings (SSSR count). The molecule has 0 fully saturated rings. The van der Waals surface area contributed by atoms with Crippen LogP contribution in [0.1, 0.15) is 51.3 Å². The van der Waals surface area contributed by atoms with Crippen LogP contribution in [0.25, 0.3) is 0 Å². The van der Waals surface area contributed by atoms with Gasteiger partial charge in [-0.3, -0.25) is 4.79 Å². The normalized spacial score (nSPS) is 14.2. The maximum atomic E-state index is 12.0. The first-order chi connectivity index (χ1) is 9.24. The molecule has 0 radical (unpaired) electrons. The van der Waals surface area contributed by atoms with Gasteiger partial charge < -0.3 is 11.1 Å². The van der Waals surface area contributed by atoms with Crippen molar-refractivity contribution in [1.82, 2.24) is 5.32 Å². The summed E-state index contributed by atoms with van der Waals surface area (Å²) in [6.45, 7) is 7.99. The van der Waals surface area contributed by atoms with E-state index in [0.717, 1.165) is 5.56 Å². The Labute approximate surface area is 121 Å². The number of rotatable bonds is 4. The van der Waals surface area contributed by atoms with Crippen LogP contribution in [0.4, 0.5) is 0 Å². The highest BCUT2D eigenvalue weighted by atomic mass is 16.1. The Kier molecular flexibility index (Phi) is 5.29. The quantitative estimate of drug-likeness (QED) is 0.884. The third-order valence-electron chi connectivity index (χ3n) is 3.43. The number of benzene rings is 1. The van der Waals surface area contributed by atoms with Crippen molar-refractivity contribution in [3.63, 3.8) is 0 Å². The fraction of sp³-hybridized carbons (Fsp3) is 0.500. The topological polar surface area (TPSA) is 78.9 Å². The van der Waals surface area contributed by atoms with E-state index in [2.05, 4.69) is 11.4 Å². The molecule has 2 unspecified atom stereocenters. The highest BCUT2D eigenvalue weighted by Crippen LogP contribution is 2.20. The van der Waals surface area contributed by atoms with Crippen LogP contribution in [-0.2, 0) is 4.79 Å². The van der Waals surface area contributed by atoms with Crippen LogP contribution < -0.4 is 11.1 Å². The second-order valence-corrected chi connectivity index (χ2v) is 6.20. The average Bonchev–Trinajstić information content (AvgIpc) is 2.37. The van der Waals surface area contributed by atoms with Gasteiger partial charge in [-0.25, -0.2) is 0 Å². The zero-order valence-corrected chi connectivity index (χ0v) is 12.6. The minimum Gasteiger partial charge on any atom is -0.350 e. The number of nitrogens with zero attached hydrogens (tertiary/aromatic N) is 1. The summed E-state index contributed by atoms with van der Waals surface area (Å²) < 4.78 is 0. The van der Waals surface area contributed by atoms with Crippen molar-refractivity contribution in [2.45, 2.75) is 46.2 Å². The number of nitriles is 1. The summed E-state index contributed by atoms with van der Waals surface area (Å²) in [5.74, 6) is -0.0516. The Morgan fingerprint density at radius 1 is 1.35 bits per heavy atom. The number of nitrogens with two attached hydrogens (primary N) is 1. The van der Waals surface area contributed by atoms with Crippen LogP contribution in [0.5, 0.6) is 0 Å². The van der Waals surface area contributed by atoms with Crippen molar-refractivity contribution < 1.29 is 4.79 Å². The molecule has 1 amide bonds. The summed E-state index contributed by atoms with van der Waals surface area (Å²) >= 11 is 0. The van der Waals surface area contributed by atoms with Gasteiger partial charge >= 0.3 is 0 Å². The molecule has 1 aromatic carbocycles. The summed E-state index contributed by atoms with van der Waals surface area (Å²) in [6, 6.07) is 9.01. The van der Waals surface area contributed by atoms with E-state index in [-0.39, 0.29) is 23.4 Å². The third kappa shape index (κ3) is 4.67. The van der Waals surface area contributed by atoms with Crippen LogP contribution in [0.3, 0.4) is 0 Å². The lowest BCUT2D eigenvalue weighted by Gasteiger charge is -2.27. The molecule has 0 aliphatic heterocycles. The van der Waals surface area contributed by atoms with E-state index < -0.39 is 0 Å². The first-order valence-corrected chi connectivity index (χ1v) is 6.79. The largest absolute Gasteiger partial charge is 0.350 e. The zero-order valence-electron chi connectivity index (χ0n) is 12.6. The Morgan fingerprint density at radius 2 is 1.90 bits per heavy atom. The van der Waals surface area contributed by atoms with Gasteiger partial charge in [0.25, 0.3) is 0 Å². The molecule has 20 heavy (non-hydrogen) atoms. The van der Waals surface area contributed by atoms with Gasteiger partial charge in [-0.1, -0.05) is 32.9 Å². The van der Waals surface area contributed by atoms with Crippen molar-refractivity contribution >= 4 is 5.91 Å². The lowest BCUT2D eigenvalue weighted by atomic mass is 9.85. The molecule has 0 heterocycles. The molecule has 2 atom stereocenters. The molecule has 1 aromatic rings. The van der Waals surface area contributed by atoms with Gasteiger partial charge in [0.1, 0.15) is 0 Å². The van der Waals surface area contributed by atoms with Crippen molar-refractivity contribution in [2.24, 2.45) is 11.1 Å². The molecule has 3 N–H and O–H groups in total. The Hall–Kier alpha value is -1.86. The minimum atomic E-state index is -0.171. The Morgan fingerprint density at radius 3 is 2.35 bits per heavy atom. The van der Waals surface area contributed by atoms with E-state index in [4.69, 9.17) is 11.0 Å². The number of hydrogen-bond acceptors (Lipinski definition) is 3. The summed E-state index contributed by atoms with van der Waals surface area (Å²) in [7, 11) is 0. The summed E-state index contributed by atoms with van der Waals surface area (Å²) in [6.07, 6.45) is 0.310. The van der Waals surface area contributed by atoms with Crippen LogP contribution in [0, 0.1) is 16.7 Å².